The molecular formula is C22H21N3O3. The van der Waals surface area contributed by atoms with Gasteiger partial charge < -0.3 is 15.0 Å². The van der Waals surface area contributed by atoms with Crippen LogP contribution >= 0.6 is 0 Å². The molecule has 0 saturated carbocycles. The number of carbonyl (C=O) groups excluding carboxylic acids is 2. The van der Waals surface area contributed by atoms with Crippen LogP contribution in [0, 0.1) is 0 Å². The SMILES string of the molecule is O=C1CC[C@@H](CN(Cc2ccncc2)C(=O)C2=Cc3ccccc3OC=C2)N1. The zero-order chi connectivity index (χ0) is 19.3. The van der Waals surface area contributed by atoms with Gasteiger partial charge in [-0.25, -0.2) is 0 Å². The van der Waals surface area contributed by atoms with E-state index in [1.165, 1.54) is 6.26 Å². The Morgan fingerprint density at radius 3 is 2.82 bits per heavy atom. The first-order chi connectivity index (χ1) is 13.7. The summed E-state index contributed by atoms with van der Waals surface area (Å²) in [5.41, 5.74) is 2.39. The number of rotatable bonds is 5. The second-order valence-electron chi connectivity index (χ2n) is 6.90. The van der Waals surface area contributed by atoms with E-state index >= 15 is 0 Å². The fourth-order valence-electron chi connectivity index (χ4n) is 3.43. The van der Waals surface area contributed by atoms with Gasteiger partial charge in [0.15, 0.2) is 0 Å². The molecule has 6 heteroatoms. The first kappa shape index (κ1) is 18.0. The van der Waals surface area contributed by atoms with Gasteiger partial charge in [-0.1, -0.05) is 18.2 Å². The molecule has 2 amide bonds. The minimum absolute atomic E-state index is 0.0304. The summed E-state index contributed by atoms with van der Waals surface area (Å²) in [6.45, 7) is 0.905. The fraction of sp³-hybridized carbons (Fsp3) is 0.227. The minimum Gasteiger partial charge on any atom is -0.464 e. The summed E-state index contributed by atoms with van der Waals surface area (Å²) in [7, 11) is 0. The van der Waals surface area contributed by atoms with Crippen LogP contribution in [0.3, 0.4) is 0 Å². The van der Waals surface area contributed by atoms with Gasteiger partial charge in [0, 0.05) is 49.1 Å². The van der Waals surface area contributed by atoms with Gasteiger partial charge in [-0.15, -0.1) is 0 Å². The van der Waals surface area contributed by atoms with Gasteiger partial charge in [-0.05, 0) is 42.3 Å². The van der Waals surface area contributed by atoms with Crippen LogP contribution in [-0.4, -0.2) is 34.3 Å². The highest BCUT2D eigenvalue weighted by atomic mass is 16.5. The van der Waals surface area contributed by atoms with E-state index in [1.807, 2.05) is 42.5 Å². The Kier molecular flexibility index (Phi) is 5.19. The molecule has 0 spiro atoms. The Morgan fingerprint density at radius 2 is 2.04 bits per heavy atom. The molecule has 0 aliphatic carbocycles. The summed E-state index contributed by atoms with van der Waals surface area (Å²) in [6.07, 6.45) is 9.74. The van der Waals surface area contributed by atoms with E-state index < -0.39 is 0 Å². The molecule has 4 rings (SSSR count). The largest absolute Gasteiger partial charge is 0.464 e. The zero-order valence-electron chi connectivity index (χ0n) is 15.4. The standard InChI is InChI=1S/C22H21N3O3/c26-21-6-5-19(24-21)15-25(14-16-7-10-23-11-8-16)22(27)18-9-12-28-20-4-2-1-3-17(20)13-18/h1-4,7-13,19H,5-6,14-15H2,(H,24,26)/t19-/m0/s1. The number of hydrogen-bond acceptors (Lipinski definition) is 4. The number of carbonyl (C=O) groups is 2. The van der Waals surface area contributed by atoms with E-state index in [4.69, 9.17) is 4.74 Å². The molecule has 28 heavy (non-hydrogen) atoms. The maximum Gasteiger partial charge on any atom is 0.254 e. The van der Waals surface area contributed by atoms with Crippen molar-refractivity contribution in [2.24, 2.45) is 0 Å². The van der Waals surface area contributed by atoms with E-state index in [0.29, 0.717) is 30.8 Å². The lowest BCUT2D eigenvalue weighted by Crippen LogP contribution is -2.42. The number of ether oxygens (including phenoxy) is 1. The monoisotopic (exact) mass is 375 g/mol. The summed E-state index contributed by atoms with van der Waals surface area (Å²) in [5, 5.41) is 2.95. The van der Waals surface area contributed by atoms with Crippen LogP contribution in [0.15, 0.2) is 66.7 Å². The fourth-order valence-corrected chi connectivity index (χ4v) is 3.43. The molecule has 1 atom stereocenters. The topological polar surface area (TPSA) is 71.5 Å². The van der Waals surface area contributed by atoms with Crippen LogP contribution in [0.4, 0.5) is 0 Å². The number of pyridine rings is 1. The van der Waals surface area contributed by atoms with Crippen molar-refractivity contribution in [3.8, 4) is 5.75 Å². The van der Waals surface area contributed by atoms with Crippen molar-refractivity contribution in [1.82, 2.24) is 15.2 Å². The van der Waals surface area contributed by atoms with E-state index in [1.54, 1.807) is 23.4 Å². The third-order valence-electron chi connectivity index (χ3n) is 4.86. The van der Waals surface area contributed by atoms with Crippen molar-refractivity contribution in [2.75, 3.05) is 6.54 Å². The molecule has 1 fully saturated rings. The molecular weight excluding hydrogens is 354 g/mol. The van der Waals surface area contributed by atoms with Gasteiger partial charge in [0.05, 0.1) is 6.26 Å². The van der Waals surface area contributed by atoms with Crippen molar-refractivity contribution >= 4 is 17.9 Å². The van der Waals surface area contributed by atoms with Crippen LogP contribution in [0.2, 0.25) is 0 Å². The molecule has 2 aliphatic heterocycles. The second-order valence-corrected chi connectivity index (χ2v) is 6.90. The summed E-state index contributed by atoms with van der Waals surface area (Å²) in [4.78, 5) is 30.8. The highest BCUT2D eigenvalue weighted by molar-refractivity contribution is 6.01. The highest BCUT2D eigenvalue weighted by Gasteiger charge is 2.27. The Balaban J connectivity index is 1.60. The summed E-state index contributed by atoms with van der Waals surface area (Å²) in [5.74, 6) is 0.650. The molecule has 2 aromatic rings. The maximum absolute atomic E-state index is 13.4. The van der Waals surface area contributed by atoms with Crippen molar-refractivity contribution < 1.29 is 14.3 Å². The minimum atomic E-state index is -0.102. The number of hydrogen-bond donors (Lipinski definition) is 1. The predicted molar refractivity (Wildman–Crippen MR) is 105 cm³/mol. The smallest absolute Gasteiger partial charge is 0.254 e. The summed E-state index contributed by atoms with van der Waals surface area (Å²) in [6, 6.07) is 11.3. The lowest BCUT2D eigenvalue weighted by Gasteiger charge is -2.26. The quantitative estimate of drug-likeness (QED) is 0.872. The molecule has 1 aromatic carbocycles. The first-order valence-corrected chi connectivity index (χ1v) is 9.30. The van der Waals surface area contributed by atoms with Crippen molar-refractivity contribution in [2.45, 2.75) is 25.4 Å². The Morgan fingerprint density at radius 1 is 1.21 bits per heavy atom. The second kappa shape index (κ2) is 8.08. The van der Waals surface area contributed by atoms with Crippen LogP contribution in [0.1, 0.15) is 24.0 Å². The molecule has 2 aliphatic rings. The average Bonchev–Trinajstić information content (AvgIpc) is 3.00. The molecule has 1 N–H and O–H groups in total. The number of aromatic nitrogens is 1. The van der Waals surface area contributed by atoms with Crippen LogP contribution in [-0.2, 0) is 16.1 Å². The number of amides is 2. The predicted octanol–water partition coefficient (Wildman–Crippen LogP) is 2.68. The van der Waals surface area contributed by atoms with Crippen LogP contribution in [0.25, 0.3) is 6.08 Å². The van der Waals surface area contributed by atoms with Crippen LogP contribution < -0.4 is 10.1 Å². The van der Waals surface area contributed by atoms with Gasteiger partial charge in [-0.2, -0.15) is 0 Å². The number of fused-ring (bicyclic) bond motifs is 1. The number of para-hydroxylation sites is 1. The highest BCUT2D eigenvalue weighted by Crippen LogP contribution is 2.25. The molecule has 3 heterocycles. The lowest BCUT2D eigenvalue weighted by atomic mass is 10.1. The third-order valence-corrected chi connectivity index (χ3v) is 4.86. The van der Waals surface area contributed by atoms with Gasteiger partial charge >= 0.3 is 0 Å². The molecule has 0 radical (unpaired) electrons. The summed E-state index contributed by atoms with van der Waals surface area (Å²) >= 11 is 0. The van der Waals surface area contributed by atoms with E-state index in [0.717, 1.165) is 17.5 Å². The molecule has 0 unspecified atom stereocenters. The average molecular weight is 375 g/mol. The normalized spacial score (nSPS) is 17.8. The van der Waals surface area contributed by atoms with E-state index in [-0.39, 0.29) is 17.9 Å². The third kappa shape index (κ3) is 4.11. The molecule has 0 bridgehead atoms. The number of nitrogens with zero attached hydrogens (tertiary/aromatic N) is 2. The van der Waals surface area contributed by atoms with E-state index in [2.05, 4.69) is 10.3 Å². The maximum atomic E-state index is 13.4. The van der Waals surface area contributed by atoms with Crippen molar-refractivity contribution in [3.63, 3.8) is 0 Å². The van der Waals surface area contributed by atoms with Gasteiger partial charge in [0.2, 0.25) is 5.91 Å². The van der Waals surface area contributed by atoms with Crippen LogP contribution in [0.5, 0.6) is 5.75 Å². The molecule has 1 saturated heterocycles. The number of nitrogens with one attached hydrogen (secondary N) is 1. The van der Waals surface area contributed by atoms with Crippen molar-refractivity contribution in [1.29, 1.82) is 0 Å². The van der Waals surface area contributed by atoms with Gasteiger partial charge in [-0.3, -0.25) is 14.6 Å². The molecule has 6 nitrogen and oxygen atoms in total. The first-order valence-electron chi connectivity index (χ1n) is 9.30. The Bertz CT molecular complexity index is 937. The van der Waals surface area contributed by atoms with Gasteiger partial charge in [0.25, 0.3) is 5.91 Å². The number of benzene rings is 1. The molecule has 142 valence electrons. The molecule has 1 aromatic heterocycles. The summed E-state index contributed by atoms with van der Waals surface area (Å²) < 4.78 is 5.61. The van der Waals surface area contributed by atoms with E-state index in [9.17, 15) is 9.59 Å². The lowest BCUT2D eigenvalue weighted by molar-refractivity contribution is -0.128. The Labute approximate surface area is 163 Å². The van der Waals surface area contributed by atoms with Gasteiger partial charge in [0.1, 0.15) is 5.75 Å². The Hall–Kier alpha value is -3.41. The zero-order valence-corrected chi connectivity index (χ0v) is 15.4. The van der Waals surface area contributed by atoms with Crippen molar-refractivity contribution in [3.05, 3.63) is 77.8 Å².